The number of hydrogen-bond donors (Lipinski definition) is 0. The maximum absolute atomic E-state index is 13.1. The van der Waals surface area contributed by atoms with Crippen LogP contribution in [0.5, 0.6) is 0 Å². The molecule has 0 bridgehead atoms. The maximum Gasteiger partial charge on any atom is 0.197 e. The fraction of sp³-hybridized carbons (Fsp3) is 0. The third-order valence-electron chi connectivity index (χ3n) is 6.65. The first-order chi connectivity index (χ1) is 17.6. The molecule has 170 valence electrons. The van der Waals surface area contributed by atoms with Crippen LogP contribution in [-0.4, -0.2) is 11.6 Å². The fourth-order valence-electron chi connectivity index (χ4n) is 4.81. The number of carbonyl (C=O) groups is 2. The highest BCUT2D eigenvalue weighted by atomic mass is 32.1. The number of rotatable bonds is 3. The topological polar surface area (TPSA) is 34.1 Å². The predicted octanol–water partition coefficient (Wildman–Crippen LogP) is 8.91. The van der Waals surface area contributed by atoms with E-state index in [2.05, 4.69) is 60.7 Å². The predicted molar refractivity (Wildman–Crippen MR) is 151 cm³/mol. The second-order valence-electron chi connectivity index (χ2n) is 8.89. The van der Waals surface area contributed by atoms with E-state index < -0.39 is 0 Å². The van der Waals surface area contributed by atoms with Crippen LogP contribution in [0.25, 0.3) is 47.8 Å². The largest absolute Gasteiger partial charge is 0.288 e. The van der Waals surface area contributed by atoms with E-state index in [1.807, 2.05) is 42.5 Å². The second kappa shape index (κ2) is 8.23. The molecule has 2 aromatic heterocycles. The number of carbonyl (C=O) groups excluding carboxylic acids is 2. The second-order valence-corrected chi connectivity index (χ2v) is 11.1. The van der Waals surface area contributed by atoms with Crippen molar-refractivity contribution in [3.63, 3.8) is 0 Å². The summed E-state index contributed by atoms with van der Waals surface area (Å²) in [5.74, 6) is -0.367. The van der Waals surface area contributed by atoms with Gasteiger partial charge >= 0.3 is 0 Å². The van der Waals surface area contributed by atoms with Gasteiger partial charge in [0.15, 0.2) is 11.6 Å². The zero-order valence-corrected chi connectivity index (χ0v) is 20.7. The molecule has 4 aromatic carbocycles. The van der Waals surface area contributed by atoms with E-state index in [1.165, 1.54) is 21.6 Å². The number of fused-ring (bicyclic) bond motifs is 3. The molecule has 0 saturated heterocycles. The van der Waals surface area contributed by atoms with Crippen molar-refractivity contribution in [2.24, 2.45) is 0 Å². The summed E-state index contributed by atoms with van der Waals surface area (Å²) in [6, 6.07) is 34.8. The first kappa shape index (κ1) is 21.2. The smallest absolute Gasteiger partial charge is 0.197 e. The lowest BCUT2D eigenvalue weighted by molar-refractivity contribution is 0.0990. The molecule has 0 amide bonds. The minimum atomic E-state index is -0.184. The molecule has 0 fully saturated rings. The van der Waals surface area contributed by atoms with Gasteiger partial charge in [0.2, 0.25) is 0 Å². The summed E-state index contributed by atoms with van der Waals surface area (Å²) in [5, 5.41) is 1.94. The molecule has 0 spiro atoms. The van der Waals surface area contributed by atoms with Crippen molar-refractivity contribution in [1.29, 1.82) is 0 Å². The maximum atomic E-state index is 13.1. The molecule has 0 saturated carbocycles. The van der Waals surface area contributed by atoms with Crippen LogP contribution in [-0.2, 0) is 0 Å². The molecule has 0 unspecified atom stereocenters. The number of allylic oxidation sites excluding steroid dienone is 1. The Morgan fingerprint density at radius 2 is 1.08 bits per heavy atom. The molecule has 2 nitrogen and oxygen atoms in total. The lowest BCUT2D eigenvalue weighted by atomic mass is 10.0. The molecule has 0 aliphatic heterocycles. The van der Waals surface area contributed by atoms with Gasteiger partial charge in [-0.3, -0.25) is 9.59 Å². The van der Waals surface area contributed by atoms with Gasteiger partial charge in [-0.05, 0) is 57.8 Å². The van der Waals surface area contributed by atoms with Gasteiger partial charge < -0.3 is 0 Å². The standard InChI is InChI=1S/C32H18O2S2/c33-31-25-14-22-8-4-5-9-23(22)15-26(25)32(34)27(31)16-24-17-29-30(35-24)18-28(36-29)21-12-10-20(11-13-21)19-6-2-1-3-7-19/h1-18H. The number of thiophene rings is 2. The van der Waals surface area contributed by atoms with Gasteiger partial charge in [-0.1, -0.05) is 78.9 Å². The van der Waals surface area contributed by atoms with Gasteiger partial charge in [0, 0.05) is 30.3 Å². The van der Waals surface area contributed by atoms with Gasteiger partial charge in [-0.25, -0.2) is 0 Å². The molecule has 1 aliphatic rings. The van der Waals surface area contributed by atoms with Gasteiger partial charge in [0.25, 0.3) is 0 Å². The minimum absolute atomic E-state index is 0.184. The summed E-state index contributed by atoms with van der Waals surface area (Å²) in [5.41, 5.74) is 4.86. The van der Waals surface area contributed by atoms with E-state index in [0.29, 0.717) is 11.1 Å². The Morgan fingerprint density at radius 3 is 1.72 bits per heavy atom. The molecule has 0 radical (unpaired) electrons. The highest BCUT2D eigenvalue weighted by Gasteiger charge is 2.33. The van der Waals surface area contributed by atoms with E-state index >= 15 is 0 Å². The van der Waals surface area contributed by atoms with Crippen molar-refractivity contribution in [2.45, 2.75) is 0 Å². The Labute approximate surface area is 215 Å². The fourth-order valence-corrected chi connectivity index (χ4v) is 7.16. The quantitative estimate of drug-likeness (QED) is 0.180. The van der Waals surface area contributed by atoms with E-state index in [0.717, 1.165) is 25.0 Å². The highest BCUT2D eigenvalue weighted by Crippen LogP contribution is 2.40. The van der Waals surface area contributed by atoms with Crippen LogP contribution in [0.1, 0.15) is 25.6 Å². The molecule has 1 aliphatic carbocycles. The number of ketones is 2. The molecular weight excluding hydrogens is 480 g/mol. The zero-order valence-electron chi connectivity index (χ0n) is 19.0. The zero-order chi connectivity index (χ0) is 24.2. The van der Waals surface area contributed by atoms with Crippen LogP contribution in [0, 0.1) is 0 Å². The van der Waals surface area contributed by atoms with E-state index in [4.69, 9.17) is 0 Å². The van der Waals surface area contributed by atoms with Gasteiger partial charge in [0.05, 0.1) is 5.57 Å². The number of Topliss-reactive ketones (excluding diaryl/α,β-unsaturated/α-hetero) is 2. The number of hydrogen-bond acceptors (Lipinski definition) is 4. The Kier molecular flexibility index (Phi) is 4.84. The van der Waals surface area contributed by atoms with Crippen molar-refractivity contribution in [1.82, 2.24) is 0 Å². The van der Waals surface area contributed by atoms with Gasteiger partial charge in [-0.15, -0.1) is 22.7 Å². The average molecular weight is 499 g/mol. The van der Waals surface area contributed by atoms with Gasteiger partial charge in [-0.2, -0.15) is 0 Å². The van der Waals surface area contributed by atoms with E-state index in [-0.39, 0.29) is 17.1 Å². The number of benzene rings is 4. The van der Waals surface area contributed by atoms with Crippen molar-refractivity contribution < 1.29 is 9.59 Å². The van der Waals surface area contributed by atoms with E-state index in [9.17, 15) is 9.59 Å². The minimum Gasteiger partial charge on any atom is -0.288 e. The lowest BCUT2D eigenvalue weighted by Gasteiger charge is -2.03. The van der Waals surface area contributed by atoms with Crippen molar-refractivity contribution in [3.8, 4) is 21.6 Å². The molecule has 2 heterocycles. The molecular formula is C32H18O2S2. The van der Waals surface area contributed by atoms with Crippen molar-refractivity contribution in [3.05, 3.63) is 125 Å². The summed E-state index contributed by atoms with van der Waals surface area (Å²) in [7, 11) is 0. The van der Waals surface area contributed by atoms with Crippen LogP contribution in [0.3, 0.4) is 0 Å². The summed E-state index contributed by atoms with van der Waals surface area (Å²) < 4.78 is 2.32. The van der Waals surface area contributed by atoms with Crippen molar-refractivity contribution in [2.75, 3.05) is 0 Å². The van der Waals surface area contributed by atoms with Crippen LogP contribution >= 0.6 is 22.7 Å². The van der Waals surface area contributed by atoms with Crippen molar-refractivity contribution >= 4 is 60.5 Å². The van der Waals surface area contributed by atoms with Crippen LogP contribution in [0.2, 0.25) is 0 Å². The summed E-state index contributed by atoms with van der Waals surface area (Å²) in [6.07, 6.45) is 1.76. The third-order valence-corrected chi connectivity index (χ3v) is 8.94. The Bertz CT molecular complexity index is 1760. The molecule has 0 N–H and O–H groups in total. The monoisotopic (exact) mass is 498 g/mol. The summed E-state index contributed by atoms with van der Waals surface area (Å²) in [4.78, 5) is 28.3. The molecule has 0 atom stereocenters. The Balaban J connectivity index is 1.19. The lowest BCUT2D eigenvalue weighted by Crippen LogP contribution is -1.99. The van der Waals surface area contributed by atoms with Crippen LogP contribution in [0.4, 0.5) is 0 Å². The first-order valence-corrected chi connectivity index (χ1v) is 13.3. The Hall–Kier alpha value is -4.12. The van der Waals surface area contributed by atoms with Crippen LogP contribution < -0.4 is 0 Å². The molecule has 7 rings (SSSR count). The average Bonchev–Trinajstić information content (AvgIpc) is 3.56. The summed E-state index contributed by atoms with van der Waals surface area (Å²) >= 11 is 3.35. The van der Waals surface area contributed by atoms with E-state index in [1.54, 1.807) is 28.7 Å². The summed E-state index contributed by atoms with van der Waals surface area (Å²) in [6.45, 7) is 0. The molecule has 4 heteroatoms. The van der Waals surface area contributed by atoms with Gasteiger partial charge in [0.1, 0.15) is 0 Å². The van der Waals surface area contributed by atoms with Crippen LogP contribution in [0.15, 0.2) is 109 Å². The Morgan fingerprint density at radius 1 is 0.528 bits per heavy atom. The normalized spacial score (nSPS) is 13.1. The first-order valence-electron chi connectivity index (χ1n) is 11.7. The molecule has 36 heavy (non-hydrogen) atoms. The third kappa shape index (κ3) is 3.46. The SMILES string of the molecule is O=C1C(=Cc2cc3sc(-c4ccc(-c5ccccc5)cc4)cc3s2)C(=O)c2cc3ccccc3cc21. The molecule has 6 aromatic rings. The highest BCUT2D eigenvalue weighted by molar-refractivity contribution is 7.29.